The van der Waals surface area contributed by atoms with Crippen LogP contribution in [0.4, 0.5) is 0 Å². The van der Waals surface area contributed by atoms with E-state index < -0.39 is 0 Å². The highest BCUT2D eigenvalue weighted by Gasteiger charge is 2.14. The normalized spacial score (nSPS) is 15.7. The molecule has 0 aromatic carbocycles. The molecule has 0 bridgehead atoms. The van der Waals surface area contributed by atoms with Crippen LogP contribution in [-0.4, -0.2) is 26.4 Å². The number of methoxy groups -OCH3 is 2. The van der Waals surface area contributed by atoms with Crippen molar-refractivity contribution < 1.29 is 9.47 Å². The monoisotopic (exact) mass is 188 g/mol. The van der Waals surface area contributed by atoms with Gasteiger partial charge in [0.1, 0.15) is 0 Å². The molecule has 2 heteroatoms. The lowest BCUT2D eigenvalue weighted by Crippen LogP contribution is -2.26. The zero-order chi connectivity index (χ0) is 10.1. The van der Waals surface area contributed by atoms with Crippen LogP contribution in [0.15, 0.2) is 0 Å². The molecule has 0 aliphatic heterocycles. The summed E-state index contributed by atoms with van der Waals surface area (Å²) in [6.07, 6.45) is 6.78. The summed E-state index contributed by atoms with van der Waals surface area (Å²) in [5.74, 6) is 0. The Kier molecular flexibility index (Phi) is 8.46. The van der Waals surface area contributed by atoms with Crippen molar-refractivity contribution in [1.82, 2.24) is 0 Å². The van der Waals surface area contributed by atoms with Gasteiger partial charge in [0.2, 0.25) is 0 Å². The summed E-state index contributed by atoms with van der Waals surface area (Å²) >= 11 is 0. The van der Waals surface area contributed by atoms with Gasteiger partial charge in [-0.1, -0.05) is 32.6 Å². The predicted molar refractivity (Wildman–Crippen MR) is 56.0 cm³/mol. The number of ether oxygens (including phenoxy) is 2. The van der Waals surface area contributed by atoms with Gasteiger partial charge in [0.25, 0.3) is 0 Å². The zero-order valence-electron chi connectivity index (χ0n) is 9.51. The molecular weight excluding hydrogens is 164 g/mol. The fraction of sp³-hybridized carbons (Fsp3) is 1.00. The fourth-order valence-corrected chi connectivity index (χ4v) is 1.47. The quantitative estimate of drug-likeness (QED) is 0.545. The highest BCUT2D eigenvalue weighted by molar-refractivity contribution is 4.65. The van der Waals surface area contributed by atoms with Gasteiger partial charge in [0.15, 0.2) is 0 Å². The first-order valence-electron chi connectivity index (χ1n) is 5.31. The summed E-state index contributed by atoms with van der Waals surface area (Å²) in [6, 6.07) is 0. The van der Waals surface area contributed by atoms with Gasteiger partial charge < -0.3 is 9.47 Å². The van der Waals surface area contributed by atoms with E-state index >= 15 is 0 Å². The number of unbranched alkanes of at least 4 members (excludes halogenated alkanes) is 3. The van der Waals surface area contributed by atoms with Crippen molar-refractivity contribution >= 4 is 0 Å². The van der Waals surface area contributed by atoms with E-state index in [1.54, 1.807) is 14.2 Å². The minimum absolute atomic E-state index is 0.214. The molecule has 13 heavy (non-hydrogen) atoms. The molecule has 0 fully saturated rings. The molecular formula is C11H24O2. The Morgan fingerprint density at radius 3 is 2.15 bits per heavy atom. The lowest BCUT2D eigenvalue weighted by atomic mass is 10.1. The molecule has 2 unspecified atom stereocenters. The maximum absolute atomic E-state index is 5.36. The van der Waals surface area contributed by atoms with Crippen molar-refractivity contribution in [3.8, 4) is 0 Å². The Morgan fingerprint density at radius 2 is 1.69 bits per heavy atom. The Morgan fingerprint density at radius 1 is 1.00 bits per heavy atom. The molecule has 0 rings (SSSR count). The first-order chi connectivity index (χ1) is 6.26. The molecule has 0 saturated heterocycles. The van der Waals surface area contributed by atoms with Crippen LogP contribution >= 0.6 is 0 Å². The molecule has 0 saturated carbocycles. The van der Waals surface area contributed by atoms with Crippen molar-refractivity contribution in [2.75, 3.05) is 14.2 Å². The van der Waals surface area contributed by atoms with Crippen LogP contribution in [0.25, 0.3) is 0 Å². The van der Waals surface area contributed by atoms with Gasteiger partial charge in [0, 0.05) is 14.2 Å². The summed E-state index contributed by atoms with van der Waals surface area (Å²) in [6.45, 7) is 4.29. The fourth-order valence-electron chi connectivity index (χ4n) is 1.47. The molecule has 0 spiro atoms. The van der Waals surface area contributed by atoms with Crippen molar-refractivity contribution in [3.63, 3.8) is 0 Å². The Bertz CT molecular complexity index is 104. The number of rotatable bonds is 8. The minimum Gasteiger partial charge on any atom is -0.379 e. The zero-order valence-corrected chi connectivity index (χ0v) is 9.51. The first-order valence-corrected chi connectivity index (χ1v) is 5.31. The second-order valence-electron chi connectivity index (χ2n) is 3.56. The first kappa shape index (κ1) is 12.9. The van der Waals surface area contributed by atoms with E-state index in [9.17, 15) is 0 Å². The second-order valence-corrected chi connectivity index (χ2v) is 3.56. The van der Waals surface area contributed by atoms with Gasteiger partial charge >= 0.3 is 0 Å². The van der Waals surface area contributed by atoms with Crippen molar-refractivity contribution in [2.24, 2.45) is 0 Å². The number of hydrogen-bond donors (Lipinski definition) is 0. The van der Waals surface area contributed by atoms with Crippen LogP contribution in [0, 0.1) is 0 Å². The third-order valence-electron chi connectivity index (χ3n) is 2.54. The van der Waals surface area contributed by atoms with E-state index in [1.807, 2.05) is 0 Å². The largest absolute Gasteiger partial charge is 0.379 e. The van der Waals surface area contributed by atoms with Gasteiger partial charge in [-0.25, -0.2) is 0 Å². The van der Waals surface area contributed by atoms with E-state index in [0.717, 1.165) is 6.42 Å². The van der Waals surface area contributed by atoms with E-state index in [-0.39, 0.29) is 12.2 Å². The molecule has 0 aromatic rings. The van der Waals surface area contributed by atoms with Crippen molar-refractivity contribution in [1.29, 1.82) is 0 Å². The van der Waals surface area contributed by atoms with Crippen molar-refractivity contribution in [2.45, 2.75) is 58.2 Å². The molecule has 0 N–H and O–H groups in total. The van der Waals surface area contributed by atoms with Gasteiger partial charge in [-0.2, -0.15) is 0 Å². The van der Waals surface area contributed by atoms with Crippen LogP contribution < -0.4 is 0 Å². The van der Waals surface area contributed by atoms with E-state index in [0.29, 0.717) is 0 Å². The standard InChI is InChI=1S/C11H24O2/c1-5-6-7-8-9-11(13-4)10(2)12-3/h10-11H,5-9H2,1-4H3. The highest BCUT2D eigenvalue weighted by Crippen LogP contribution is 2.12. The molecule has 0 radical (unpaired) electrons. The lowest BCUT2D eigenvalue weighted by molar-refractivity contribution is -0.0308. The van der Waals surface area contributed by atoms with Gasteiger partial charge in [0.05, 0.1) is 12.2 Å². The summed E-state index contributed by atoms with van der Waals surface area (Å²) in [5, 5.41) is 0. The molecule has 0 aliphatic rings. The predicted octanol–water partition coefficient (Wildman–Crippen LogP) is 3.01. The third kappa shape index (κ3) is 6.05. The van der Waals surface area contributed by atoms with Crippen LogP contribution in [0.5, 0.6) is 0 Å². The lowest BCUT2D eigenvalue weighted by Gasteiger charge is -2.21. The Hall–Kier alpha value is -0.0800. The second kappa shape index (κ2) is 8.52. The average molecular weight is 188 g/mol. The van der Waals surface area contributed by atoms with Crippen LogP contribution in [0.2, 0.25) is 0 Å². The van der Waals surface area contributed by atoms with Gasteiger partial charge in [-0.05, 0) is 13.3 Å². The molecule has 2 atom stereocenters. The summed E-state index contributed by atoms with van der Waals surface area (Å²) < 4.78 is 10.6. The Balaban J connectivity index is 3.47. The molecule has 0 aromatic heterocycles. The maximum Gasteiger partial charge on any atom is 0.0830 e. The van der Waals surface area contributed by atoms with Crippen LogP contribution in [-0.2, 0) is 9.47 Å². The van der Waals surface area contributed by atoms with E-state index in [4.69, 9.17) is 9.47 Å². The van der Waals surface area contributed by atoms with Crippen molar-refractivity contribution in [3.05, 3.63) is 0 Å². The minimum atomic E-state index is 0.214. The SMILES string of the molecule is CCCCCCC(OC)C(C)OC. The molecule has 0 heterocycles. The van der Waals surface area contributed by atoms with Crippen LogP contribution in [0.1, 0.15) is 46.0 Å². The molecule has 2 nitrogen and oxygen atoms in total. The summed E-state index contributed by atoms with van der Waals surface area (Å²) in [7, 11) is 3.50. The molecule has 0 amide bonds. The maximum atomic E-state index is 5.36. The van der Waals surface area contributed by atoms with E-state index in [2.05, 4.69) is 13.8 Å². The third-order valence-corrected chi connectivity index (χ3v) is 2.54. The van der Waals surface area contributed by atoms with Crippen LogP contribution in [0.3, 0.4) is 0 Å². The smallest absolute Gasteiger partial charge is 0.0830 e. The average Bonchev–Trinajstić information content (AvgIpc) is 2.17. The summed E-state index contributed by atoms with van der Waals surface area (Å²) in [5.41, 5.74) is 0. The number of hydrogen-bond acceptors (Lipinski definition) is 2. The van der Waals surface area contributed by atoms with Gasteiger partial charge in [-0.15, -0.1) is 0 Å². The van der Waals surface area contributed by atoms with E-state index in [1.165, 1.54) is 25.7 Å². The summed E-state index contributed by atoms with van der Waals surface area (Å²) in [4.78, 5) is 0. The molecule has 0 aliphatic carbocycles. The van der Waals surface area contributed by atoms with Gasteiger partial charge in [-0.3, -0.25) is 0 Å². The highest BCUT2D eigenvalue weighted by atomic mass is 16.5. The Labute approximate surface area is 82.6 Å². The molecule has 80 valence electrons. The topological polar surface area (TPSA) is 18.5 Å².